The van der Waals surface area contributed by atoms with Crippen LogP contribution in [0.3, 0.4) is 0 Å². The number of benzene rings is 2. The fourth-order valence-electron chi connectivity index (χ4n) is 3.23. The first-order valence-corrected chi connectivity index (χ1v) is 9.18. The molecule has 1 aliphatic heterocycles. The molecule has 27 heavy (non-hydrogen) atoms. The predicted molar refractivity (Wildman–Crippen MR) is 103 cm³/mol. The van der Waals surface area contributed by atoms with Crippen molar-refractivity contribution in [1.29, 1.82) is 0 Å². The molecule has 0 aliphatic carbocycles. The maximum Gasteiger partial charge on any atom is 0.315 e. The summed E-state index contributed by atoms with van der Waals surface area (Å²) in [5.41, 5.74) is 1.88. The van der Waals surface area contributed by atoms with Crippen LogP contribution in [-0.2, 0) is 11.2 Å². The van der Waals surface area contributed by atoms with Gasteiger partial charge in [0.2, 0.25) is 5.91 Å². The van der Waals surface area contributed by atoms with Gasteiger partial charge in [0.15, 0.2) is 0 Å². The van der Waals surface area contributed by atoms with E-state index in [0.717, 1.165) is 12.8 Å². The number of nitrogens with zero attached hydrogens (tertiary/aromatic N) is 1. The molecular formula is C21H24FN3O2. The van der Waals surface area contributed by atoms with Crippen LogP contribution in [-0.4, -0.2) is 30.6 Å². The molecule has 1 aliphatic rings. The van der Waals surface area contributed by atoms with Crippen molar-refractivity contribution in [1.82, 2.24) is 10.6 Å². The maximum atomic E-state index is 13.0. The lowest BCUT2D eigenvalue weighted by molar-refractivity contribution is -0.117. The Morgan fingerprint density at radius 1 is 1.19 bits per heavy atom. The van der Waals surface area contributed by atoms with E-state index in [1.54, 1.807) is 17.0 Å². The quantitative estimate of drug-likeness (QED) is 0.821. The molecule has 0 spiro atoms. The van der Waals surface area contributed by atoms with E-state index in [2.05, 4.69) is 22.8 Å². The van der Waals surface area contributed by atoms with Gasteiger partial charge in [-0.1, -0.05) is 30.3 Å². The lowest BCUT2D eigenvalue weighted by Crippen LogP contribution is -2.46. The first kappa shape index (κ1) is 18.9. The van der Waals surface area contributed by atoms with Crippen molar-refractivity contribution >= 4 is 17.6 Å². The monoisotopic (exact) mass is 369 g/mol. The lowest BCUT2D eigenvalue weighted by Gasteiger charge is -2.19. The summed E-state index contributed by atoms with van der Waals surface area (Å²) in [5.74, 6) is -0.423. The Labute approximate surface area is 158 Å². The molecule has 3 amide bonds. The number of hydrogen-bond acceptors (Lipinski definition) is 2. The zero-order chi connectivity index (χ0) is 19.2. The van der Waals surface area contributed by atoms with Gasteiger partial charge >= 0.3 is 6.03 Å². The first-order valence-electron chi connectivity index (χ1n) is 9.18. The van der Waals surface area contributed by atoms with Crippen molar-refractivity contribution in [2.45, 2.75) is 38.3 Å². The highest BCUT2D eigenvalue weighted by Gasteiger charge is 2.31. The molecule has 1 saturated heterocycles. The molecule has 0 aromatic heterocycles. The Morgan fingerprint density at radius 2 is 1.89 bits per heavy atom. The number of carbonyl (C=O) groups excluding carboxylic acids is 2. The topological polar surface area (TPSA) is 61.4 Å². The second-order valence-corrected chi connectivity index (χ2v) is 6.92. The van der Waals surface area contributed by atoms with Crippen LogP contribution in [0, 0.1) is 5.82 Å². The van der Waals surface area contributed by atoms with Gasteiger partial charge in [-0.2, -0.15) is 0 Å². The van der Waals surface area contributed by atoms with Gasteiger partial charge in [-0.05, 0) is 49.6 Å². The van der Waals surface area contributed by atoms with Crippen LogP contribution in [0.2, 0.25) is 0 Å². The van der Waals surface area contributed by atoms with E-state index in [-0.39, 0.29) is 36.3 Å². The van der Waals surface area contributed by atoms with Gasteiger partial charge in [-0.15, -0.1) is 0 Å². The van der Waals surface area contributed by atoms with Gasteiger partial charge in [0, 0.05) is 24.7 Å². The summed E-state index contributed by atoms with van der Waals surface area (Å²) >= 11 is 0. The number of anilines is 1. The van der Waals surface area contributed by atoms with Crippen LogP contribution in [0.15, 0.2) is 54.6 Å². The molecular weight excluding hydrogens is 345 g/mol. The minimum atomic E-state index is -0.344. The largest absolute Gasteiger partial charge is 0.336 e. The van der Waals surface area contributed by atoms with Gasteiger partial charge in [-0.25, -0.2) is 9.18 Å². The number of halogens is 1. The second-order valence-electron chi connectivity index (χ2n) is 6.92. The molecule has 2 aromatic carbocycles. The second kappa shape index (κ2) is 8.66. The van der Waals surface area contributed by atoms with Crippen LogP contribution < -0.4 is 15.5 Å². The summed E-state index contributed by atoms with van der Waals surface area (Å²) in [6.45, 7) is 2.35. The third-order valence-corrected chi connectivity index (χ3v) is 4.68. The lowest BCUT2D eigenvalue weighted by atomic mass is 10.1. The van der Waals surface area contributed by atoms with Crippen molar-refractivity contribution in [2.24, 2.45) is 0 Å². The molecule has 5 nitrogen and oxygen atoms in total. The highest BCUT2D eigenvalue weighted by Crippen LogP contribution is 2.21. The van der Waals surface area contributed by atoms with Crippen LogP contribution in [0.5, 0.6) is 0 Å². The SMILES string of the molecule is C[C@@H](CCc1ccccc1)NC(=O)N[C@H]1CC(=O)N(c2ccc(F)cc2)C1. The average molecular weight is 369 g/mol. The molecule has 3 rings (SSSR count). The van der Waals surface area contributed by atoms with Crippen molar-refractivity contribution in [3.8, 4) is 0 Å². The highest BCUT2D eigenvalue weighted by atomic mass is 19.1. The molecule has 0 bridgehead atoms. The van der Waals surface area contributed by atoms with Crippen molar-refractivity contribution < 1.29 is 14.0 Å². The summed E-state index contributed by atoms with van der Waals surface area (Å²) in [5, 5.41) is 5.79. The number of aryl methyl sites for hydroxylation is 1. The maximum absolute atomic E-state index is 13.0. The Balaban J connectivity index is 1.45. The summed E-state index contributed by atoms with van der Waals surface area (Å²) in [6, 6.07) is 15.4. The number of nitrogens with one attached hydrogen (secondary N) is 2. The Morgan fingerprint density at radius 3 is 2.59 bits per heavy atom. The molecule has 0 radical (unpaired) electrons. The molecule has 2 N–H and O–H groups in total. The Hall–Kier alpha value is -2.89. The fraction of sp³-hybridized carbons (Fsp3) is 0.333. The van der Waals surface area contributed by atoms with Gasteiger partial charge in [-0.3, -0.25) is 4.79 Å². The van der Waals surface area contributed by atoms with Crippen LogP contribution in [0.25, 0.3) is 0 Å². The van der Waals surface area contributed by atoms with Crippen molar-refractivity contribution in [3.05, 3.63) is 66.0 Å². The molecule has 142 valence electrons. The smallest absolute Gasteiger partial charge is 0.315 e. The minimum Gasteiger partial charge on any atom is -0.336 e. The number of carbonyl (C=O) groups is 2. The average Bonchev–Trinajstić information content (AvgIpc) is 3.01. The van der Waals surface area contributed by atoms with E-state index in [1.165, 1.54) is 17.7 Å². The summed E-state index contributed by atoms with van der Waals surface area (Å²) in [7, 11) is 0. The van der Waals surface area contributed by atoms with Crippen LogP contribution >= 0.6 is 0 Å². The van der Waals surface area contributed by atoms with Crippen LogP contribution in [0.4, 0.5) is 14.9 Å². The van der Waals surface area contributed by atoms with E-state index in [0.29, 0.717) is 12.2 Å². The third-order valence-electron chi connectivity index (χ3n) is 4.68. The molecule has 0 unspecified atom stereocenters. The van der Waals surface area contributed by atoms with Gasteiger partial charge in [0.25, 0.3) is 0 Å². The van der Waals surface area contributed by atoms with Crippen LogP contribution in [0.1, 0.15) is 25.3 Å². The minimum absolute atomic E-state index is 0.0236. The normalized spacial score (nSPS) is 17.6. The van der Waals surface area contributed by atoms with Crippen molar-refractivity contribution in [2.75, 3.05) is 11.4 Å². The van der Waals surface area contributed by atoms with E-state index in [4.69, 9.17) is 0 Å². The predicted octanol–water partition coefficient (Wildman–Crippen LogP) is 3.25. The third kappa shape index (κ3) is 5.29. The number of urea groups is 1. The summed E-state index contributed by atoms with van der Waals surface area (Å²) in [6.07, 6.45) is 1.97. The first-order chi connectivity index (χ1) is 13.0. The molecule has 1 fully saturated rings. The summed E-state index contributed by atoms with van der Waals surface area (Å²) in [4.78, 5) is 26.0. The fourth-order valence-corrected chi connectivity index (χ4v) is 3.23. The van der Waals surface area contributed by atoms with Gasteiger partial charge < -0.3 is 15.5 Å². The standard InChI is InChI=1S/C21H24FN3O2/c1-15(7-8-16-5-3-2-4-6-16)23-21(27)24-18-13-20(26)25(14-18)19-11-9-17(22)10-12-19/h2-6,9-12,15,18H,7-8,13-14H2,1H3,(H2,23,24,27)/t15-,18-/m0/s1. The van der Waals surface area contributed by atoms with E-state index < -0.39 is 0 Å². The zero-order valence-electron chi connectivity index (χ0n) is 15.3. The number of rotatable bonds is 6. The number of hydrogen-bond donors (Lipinski definition) is 2. The van der Waals surface area contributed by atoms with E-state index >= 15 is 0 Å². The van der Waals surface area contributed by atoms with E-state index in [9.17, 15) is 14.0 Å². The zero-order valence-corrected chi connectivity index (χ0v) is 15.3. The Bertz CT molecular complexity index is 780. The van der Waals surface area contributed by atoms with E-state index in [1.807, 2.05) is 25.1 Å². The molecule has 6 heteroatoms. The molecule has 2 atom stereocenters. The molecule has 2 aromatic rings. The highest BCUT2D eigenvalue weighted by molar-refractivity contribution is 5.96. The van der Waals surface area contributed by atoms with Gasteiger partial charge in [0.05, 0.1) is 6.04 Å². The molecule has 1 heterocycles. The molecule has 0 saturated carbocycles. The summed E-state index contributed by atoms with van der Waals surface area (Å²) < 4.78 is 13.0. The Kier molecular flexibility index (Phi) is 6.06. The number of amides is 3. The van der Waals surface area contributed by atoms with Crippen molar-refractivity contribution in [3.63, 3.8) is 0 Å². The van der Waals surface area contributed by atoms with Gasteiger partial charge in [0.1, 0.15) is 5.82 Å².